The van der Waals surface area contributed by atoms with Crippen molar-refractivity contribution in [1.82, 2.24) is 0 Å². The van der Waals surface area contributed by atoms with Gasteiger partial charge in [-0.1, -0.05) is 60.7 Å². The van der Waals surface area contributed by atoms with E-state index in [0.29, 0.717) is 0 Å². The molecule has 0 aliphatic rings. The standard InChI is InChI=1S/2C11H10O4/c12-10(13)7-9(11(14)15)6-8-4-2-1-3-5-8;12-10(13)6-7-11(14)15-8-9-4-2-1-3-5-9/h1-5,7H,6H2,(H,12,13)(H,14,15);1-7H,8H2,(H,12,13)/b9-7+;7-6+. The Kier molecular flexibility index (Phi) is 10.4. The maximum atomic E-state index is 10.9. The van der Waals surface area contributed by atoms with Gasteiger partial charge in [-0.25, -0.2) is 19.2 Å². The Morgan fingerprint density at radius 1 is 0.733 bits per heavy atom. The zero-order valence-corrected chi connectivity index (χ0v) is 15.8. The van der Waals surface area contributed by atoms with E-state index in [1.807, 2.05) is 36.4 Å². The third-order valence-electron chi connectivity index (χ3n) is 3.40. The molecule has 3 N–H and O–H groups in total. The van der Waals surface area contributed by atoms with Crippen molar-refractivity contribution in [2.45, 2.75) is 13.0 Å². The summed E-state index contributed by atoms with van der Waals surface area (Å²) in [4.78, 5) is 42.1. The van der Waals surface area contributed by atoms with Gasteiger partial charge in [-0.05, 0) is 11.1 Å². The molecule has 0 atom stereocenters. The van der Waals surface area contributed by atoms with Crippen molar-refractivity contribution in [3.8, 4) is 0 Å². The van der Waals surface area contributed by atoms with E-state index in [0.717, 1.165) is 29.4 Å². The summed E-state index contributed by atoms with van der Waals surface area (Å²) in [7, 11) is 0. The number of carboxylic acid groups (broad SMARTS) is 3. The van der Waals surface area contributed by atoms with Gasteiger partial charge in [0.2, 0.25) is 0 Å². The van der Waals surface area contributed by atoms with E-state index in [9.17, 15) is 19.2 Å². The minimum absolute atomic E-state index is 0.114. The summed E-state index contributed by atoms with van der Waals surface area (Å²) >= 11 is 0. The molecule has 0 amide bonds. The minimum Gasteiger partial charge on any atom is -0.478 e. The highest BCUT2D eigenvalue weighted by atomic mass is 16.5. The first-order valence-electron chi connectivity index (χ1n) is 8.60. The lowest BCUT2D eigenvalue weighted by Gasteiger charge is -2.01. The minimum atomic E-state index is -1.25. The summed E-state index contributed by atoms with van der Waals surface area (Å²) in [5, 5.41) is 25.5. The molecule has 2 aromatic carbocycles. The van der Waals surface area contributed by atoms with Crippen LogP contribution in [-0.4, -0.2) is 39.2 Å². The number of benzene rings is 2. The highest BCUT2D eigenvalue weighted by molar-refractivity contribution is 5.95. The smallest absolute Gasteiger partial charge is 0.332 e. The number of rotatable bonds is 8. The number of ether oxygens (including phenoxy) is 1. The van der Waals surface area contributed by atoms with Crippen LogP contribution in [0.2, 0.25) is 0 Å². The summed E-state index contributed by atoms with van der Waals surface area (Å²) in [5.74, 6) is -4.29. The second kappa shape index (κ2) is 13.1. The average Bonchev–Trinajstić information content (AvgIpc) is 2.72. The van der Waals surface area contributed by atoms with Crippen molar-refractivity contribution in [2.24, 2.45) is 0 Å². The van der Waals surface area contributed by atoms with Gasteiger partial charge in [0, 0.05) is 30.2 Å². The first-order valence-corrected chi connectivity index (χ1v) is 8.60. The number of carboxylic acids is 3. The molecule has 0 aliphatic carbocycles. The molecule has 2 rings (SSSR count). The molecule has 0 fully saturated rings. The number of hydrogen-bond acceptors (Lipinski definition) is 5. The SMILES string of the molecule is O=C(O)/C=C(\Cc1ccccc1)C(=O)O.O=C(O)/C=C/C(=O)OCc1ccccc1. The van der Waals surface area contributed by atoms with Gasteiger partial charge in [0.1, 0.15) is 6.61 Å². The predicted octanol–water partition coefficient (Wildman–Crippen LogP) is 2.70. The first-order chi connectivity index (χ1) is 14.3. The summed E-state index contributed by atoms with van der Waals surface area (Å²) in [6.07, 6.45) is 2.45. The van der Waals surface area contributed by atoms with Crippen LogP contribution in [0.25, 0.3) is 0 Å². The third-order valence-corrected chi connectivity index (χ3v) is 3.40. The van der Waals surface area contributed by atoms with Crippen LogP contribution in [0, 0.1) is 0 Å². The number of hydrogen-bond donors (Lipinski definition) is 3. The number of carbonyl (C=O) groups excluding carboxylic acids is 1. The molecule has 0 bridgehead atoms. The molecular weight excluding hydrogens is 392 g/mol. The van der Waals surface area contributed by atoms with Crippen molar-refractivity contribution in [2.75, 3.05) is 0 Å². The van der Waals surface area contributed by atoms with Crippen LogP contribution in [-0.2, 0) is 36.9 Å². The summed E-state index contributed by atoms with van der Waals surface area (Å²) in [6, 6.07) is 18.0. The van der Waals surface area contributed by atoms with E-state index in [-0.39, 0.29) is 18.6 Å². The van der Waals surface area contributed by atoms with Crippen LogP contribution < -0.4 is 0 Å². The van der Waals surface area contributed by atoms with Gasteiger partial charge < -0.3 is 20.1 Å². The van der Waals surface area contributed by atoms with Crippen molar-refractivity contribution < 1.29 is 39.2 Å². The van der Waals surface area contributed by atoms with E-state index in [1.54, 1.807) is 24.3 Å². The summed E-state index contributed by atoms with van der Waals surface area (Å²) < 4.78 is 4.79. The molecule has 30 heavy (non-hydrogen) atoms. The van der Waals surface area contributed by atoms with Crippen LogP contribution in [0.1, 0.15) is 11.1 Å². The molecule has 8 heteroatoms. The second-order valence-electron chi connectivity index (χ2n) is 5.74. The molecular formula is C22H20O8. The molecule has 0 saturated carbocycles. The summed E-state index contributed by atoms with van der Waals surface area (Å²) in [5.41, 5.74) is 1.50. The van der Waals surface area contributed by atoms with Gasteiger partial charge in [0.05, 0.1) is 0 Å². The van der Waals surface area contributed by atoms with Crippen molar-refractivity contribution in [1.29, 1.82) is 0 Å². The van der Waals surface area contributed by atoms with Crippen molar-refractivity contribution in [3.63, 3.8) is 0 Å². The first kappa shape index (κ1) is 23.8. The molecule has 0 radical (unpaired) electrons. The van der Waals surface area contributed by atoms with Gasteiger partial charge >= 0.3 is 23.9 Å². The van der Waals surface area contributed by atoms with Crippen LogP contribution in [0.4, 0.5) is 0 Å². The van der Waals surface area contributed by atoms with E-state index in [4.69, 9.17) is 20.1 Å². The van der Waals surface area contributed by atoms with E-state index in [2.05, 4.69) is 0 Å². The number of esters is 1. The zero-order valence-electron chi connectivity index (χ0n) is 15.8. The molecule has 0 saturated heterocycles. The maximum absolute atomic E-state index is 10.9. The molecule has 0 unspecified atom stereocenters. The van der Waals surface area contributed by atoms with Gasteiger partial charge in [-0.2, -0.15) is 0 Å². The van der Waals surface area contributed by atoms with Crippen LogP contribution >= 0.6 is 0 Å². The molecule has 0 heterocycles. The Labute approximate surface area is 172 Å². The topological polar surface area (TPSA) is 138 Å². The normalized spacial score (nSPS) is 10.6. The van der Waals surface area contributed by atoms with Crippen LogP contribution in [0.15, 0.2) is 84.5 Å². The average molecular weight is 412 g/mol. The number of aliphatic carboxylic acids is 3. The monoisotopic (exact) mass is 412 g/mol. The quantitative estimate of drug-likeness (QED) is 0.444. The predicted molar refractivity (Wildman–Crippen MR) is 107 cm³/mol. The molecule has 0 aromatic heterocycles. The van der Waals surface area contributed by atoms with Gasteiger partial charge in [0.15, 0.2) is 0 Å². The van der Waals surface area contributed by atoms with Crippen molar-refractivity contribution in [3.05, 3.63) is 95.6 Å². The lowest BCUT2D eigenvalue weighted by atomic mass is 10.1. The molecule has 8 nitrogen and oxygen atoms in total. The fourth-order valence-electron chi connectivity index (χ4n) is 2.07. The molecule has 0 aliphatic heterocycles. The fraction of sp³-hybridized carbons (Fsp3) is 0.0909. The molecule has 156 valence electrons. The zero-order chi connectivity index (χ0) is 22.4. The maximum Gasteiger partial charge on any atom is 0.332 e. The van der Waals surface area contributed by atoms with Crippen LogP contribution in [0.5, 0.6) is 0 Å². The van der Waals surface area contributed by atoms with Gasteiger partial charge in [-0.15, -0.1) is 0 Å². The largest absolute Gasteiger partial charge is 0.478 e. The van der Waals surface area contributed by atoms with E-state index >= 15 is 0 Å². The lowest BCUT2D eigenvalue weighted by Crippen LogP contribution is -2.06. The molecule has 2 aromatic rings. The Morgan fingerprint density at radius 2 is 1.27 bits per heavy atom. The summed E-state index contributed by atoms with van der Waals surface area (Å²) in [6.45, 7) is 0.142. The Bertz CT molecular complexity index is 913. The Balaban J connectivity index is 0.000000300. The number of carbonyl (C=O) groups is 4. The third kappa shape index (κ3) is 10.8. The second-order valence-corrected chi connectivity index (χ2v) is 5.74. The Morgan fingerprint density at radius 3 is 1.73 bits per heavy atom. The highest BCUT2D eigenvalue weighted by Crippen LogP contribution is 2.08. The lowest BCUT2D eigenvalue weighted by molar-refractivity contribution is -0.139. The van der Waals surface area contributed by atoms with E-state index < -0.39 is 23.9 Å². The van der Waals surface area contributed by atoms with Gasteiger partial charge in [-0.3, -0.25) is 0 Å². The molecule has 0 spiro atoms. The highest BCUT2D eigenvalue weighted by Gasteiger charge is 2.09. The Hall–Kier alpha value is -4.20. The van der Waals surface area contributed by atoms with Crippen LogP contribution in [0.3, 0.4) is 0 Å². The van der Waals surface area contributed by atoms with Crippen molar-refractivity contribution >= 4 is 23.9 Å². The van der Waals surface area contributed by atoms with Gasteiger partial charge in [0.25, 0.3) is 0 Å². The van der Waals surface area contributed by atoms with E-state index in [1.165, 1.54) is 0 Å². The fourth-order valence-corrected chi connectivity index (χ4v) is 2.07.